The first-order valence-electron chi connectivity index (χ1n) is 8.02. The van der Waals surface area contributed by atoms with Crippen LogP contribution in [0.2, 0.25) is 9.26 Å². The van der Waals surface area contributed by atoms with Crippen LogP contribution in [-0.2, 0) is 25.3 Å². The van der Waals surface area contributed by atoms with E-state index in [1.165, 1.54) is 22.3 Å². The van der Waals surface area contributed by atoms with Gasteiger partial charge in [-0.15, -0.1) is 0 Å². The molecule has 2 aliphatic carbocycles. The molecule has 4 rings (SSSR count). The third-order valence-electron chi connectivity index (χ3n) is 4.78. The van der Waals surface area contributed by atoms with Crippen molar-refractivity contribution in [2.45, 2.75) is 22.1 Å². The van der Waals surface area contributed by atoms with Crippen molar-refractivity contribution in [3.8, 4) is 11.1 Å². The molecule has 0 atom stereocenters. The Morgan fingerprint density at radius 3 is 2.45 bits per heavy atom. The first kappa shape index (κ1) is 14.6. The van der Waals surface area contributed by atoms with Crippen LogP contribution in [0.4, 0.5) is 0 Å². The van der Waals surface area contributed by atoms with Crippen molar-refractivity contribution in [1.29, 1.82) is 0 Å². The van der Waals surface area contributed by atoms with Gasteiger partial charge < -0.3 is 0 Å². The van der Waals surface area contributed by atoms with Crippen molar-refractivity contribution < 1.29 is 18.9 Å². The first-order valence-corrected chi connectivity index (χ1v) is 20.1. The van der Waals surface area contributed by atoms with Gasteiger partial charge in [-0.2, -0.15) is 0 Å². The van der Waals surface area contributed by atoms with Gasteiger partial charge in [0.25, 0.3) is 0 Å². The molecule has 0 bridgehead atoms. The van der Waals surface area contributed by atoms with Gasteiger partial charge in [0.05, 0.1) is 0 Å². The van der Waals surface area contributed by atoms with Crippen molar-refractivity contribution in [3.05, 3.63) is 71.3 Å². The van der Waals surface area contributed by atoms with E-state index in [9.17, 15) is 0 Å². The van der Waals surface area contributed by atoms with E-state index >= 15 is 0 Å². The standard InChI is InChI=1S/C18H13.2CH3.H2Si.Zr/c1-2-6-13(5-1)14-9-10-18-16(11-14)12-15-7-3-4-8-17(15)18;;;;/h1-5,7-10H,6,12H2;2*1H3;1H2;. The summed E-state index contributed by atoms with van der Waals surface area (Å²) in [5, 5.41) is 0. The molecule has 0 saturated heterocycles. The number of rotatable bonds is 2. The Bertz CT molecular complexity index is 881. The molecule has 2 heteroatoms. The Hall–Kier alpha value is -0.980. The summed E-state index contributed by atoms with van der Waals surface area (Å²) in [5.74, 6) is 0. The molecule has 0 nitrogen and oxygen atoms in total. The van der Waals surface area contributed by atoms with E-state index < -0.39 is 18.9 Å². The molecular formula is C20H21SiZr. The van der Waals surface area contributed by atoms with Gasteiger partial charge in [0, 0.05) is 0 Å². The Morgan fingerprint density at radius 1 is 0.955 bits per heavy atom. The van der Waals surface area contributed by atoms with E-state index in [2.05, 4.69) is 70.8 Å². The van der Waals surface area contributed by atoms with E-state index in [0.29, 0.717) is 0 Å². The third kappa shape index (κ3) is 2.28. The van der Waals surface area contributed by atoms with E-state index in [0.717, 1.165) is 12.8 Å². The molecular weight excluding hydrogens is 360 g/mol. The van der Waals surface area contributed by atoms with Crippen molar-refractivity contribution >= 4 is 15.7 Å². The summed E-state index contributed by atoms with van der Waals surface area (Å²) in [6, 6.07) is 13.7. The van der Waals surface area contributed by atoms with Crippen LogP contribution in [0.1, 0.15) is 23.1 Å². The van der Waals surface area contributed by atoms with E-state index in [4.69, 9.17) is 0 Å². The molecule has 0 heterocycles. The molecule has 2 aromatic rings. The van der Waals surface area contributed by atoms with Gasteiger partial charge in [-0.3, -0.25) is 0 Å². The molecule has 109 valence electrons. The summed E-state index contributed by atoms with van der Waals surface area (Å²) >= 11 is -2.19. The van der Waals surface area contributed by atoms with Crippen LogP contribution in [0, 0.1) is 0 Å². The summed E-state index contributed by atoms with van der Waals surface area (Å²) < 4.78 is 6.90. The van der Waals surface area contributed by atoms with Gasteiger partial charge in [0.2, 0.25) is 0 Å². The molecule has 0 amide bonds. The number of benzene rings is 2. The zero-order valence-electron chi connectivity index (χ0n) is 13.3. The average molecular weight is 381 g/mol. The number of fused-ring (bicyclic) bond motifs is 3. The fraction of sp³-hybridized carbons (Fsp3) is 0.200. The minimum absolute atomic E-state index is 1.10. The molecule has 0 spiro atoms. The number of hydrogen-bond acceptors (Lipinski definition) is 0. The Kier molecular flexibility index (Phi) is 3.51. The van der Waals surface area contributed by atoms with Crippen LogP contribution in [0.3, 0.4) is 0 Å². The summed E-state index contributed by atoms with van der Waals surface area (Å²) in [5.41, 5.74) is 9.17. The maximum absolute atomic E-state index is 2.57. The van der Waals surface area contributed by atoms with Gasteiger partial charge in [0.15, 0.2) is 0 Å². The van der Waals surface area contributed by atoms with E-state index in [1.54, 1.807) is 14.4 Å². The predicted molar refractivity (Wildman–Crippen MR) is 96.3 cm³/mol. The minimum atomic E-state index is -2.19. The molecule has 0 unspecified atom stereocenters. The molecule has 22 heavy (non-hydrogen) atoms. The first-order chi connectivity index (χ1) is 10.6. The number of allylic oxidation sites excluding steroid dienone is 4. The fourth-order valence-electron chi connectivity index (χ4n) is 3.90. The Balaban J connectivity index is 1.99. The average Bonchev–Trinajstić information content (AvgIpc) is 3.12. The van der Waals surface area contributed by atoms with Gasteiger partial charge >= 0.3 is 139 Å². The normalized spacial score (nSPS) is 15.6. The summed E-state index contributed by atoms with van der Waals surface area (Å²) in [4.78, 5) is 0. The van der Waals surface area contributed by atoms with Crippen molar-refractivity contribution in [2.75, 3.05) is 0 Å². The Labute approximate surface area is 138 Å². The Morgan fingerprint density at radius 2 is 1.73 bits per heavy atom. The van der Waals surface area contributed by atoms with E-state index in [1.807, 2.05) is 0 Å². The topological polar surface area (TPSA) is 0 Å². The SMILES string of the molecule is [CH3][Zr]([CH3])(=[SiH2])[c]1c(C2=CC=CC2)ccc2c1Cc1ccccc1-2. The van der Waals surface area contributed by atoms with E-state index in [-0.39, 0.29) is 0 Å². The van der Waals surface area contributed by atoms with Gasteiger partial charge in [0.1, 0.15) is 0 Å². The van der Waals surface area contributed by atoms with Crippen LogP contribution in [0.25, 0.3) is 16.7 Å². The summed E-state index contributed by atoms with van der Waals surface area (Å²) in [6.45, 7) is 2.32. The summed E-state index contributed by atoms with van der Waals surface area (Å²) in [6.07, 6.45) is 9.04. The second kappa shape index (κ2) is 5.28. The predicted octanol–water partition coefficient (Wildman–Crippen LogP) is 4.02. The quantitative estimate of drug-likeness (QED) is 0.589. The van der Waals surface area contributed by atoms with Crippen molar-refractivity contribution in [1.82, 2.24) is 0 Å². The monoisotopic (exact) mass is 379 g/mol. The van der Waals surface area contributed by atoms with Crippen LogP contribution in [0.15, 0.2) is 54.6 Å². The zero-order valence-corrected chi connectivity index (χ0v) is 17.2. The fourth-order valence-corrected chi connectivity index (χ4v) is 11.2. The maximum atomic E-state index is 2.57. The molecule has 2 aliphatic rings. The molecule has 0 radical (unpaired) electrons. The molecule has 0 aromatic heterocycles. The van der Waals surface area contributed by atoms with Gasteiger partial charge in [-0.1, -0.05) is 0 Å². The van der Waals surface area contributed by atoms with Crippen LogP contribution >= 0.6 is 0 Å². The third-order valence-corrected chi connectivity index (χ3v) is 11.6. The molecule has 0 aliphatic heterocycles. The number of hydrogen-bond donors (Lipinski definition) is 0. The van der Waals surface area contributed by atoms with Crippen molar-refractivity contribution in [3.63, 3.8) is 0 Å². The molecule has 0 saturated carbocycles. The summed E-state index contributed by atoms with van der Waals surface area (Å²) in [7, 11) is 0. The van der Waals surface area contributed by atoms with Crippen LogP contribution < -0.4 is 3.27 Å². The van der Waals surface area contributed by atoms with Gasteiger partial charge in [-0.25, -0.2) is 0 Å². The van der Waals surface area contributed by atoms with Crippen LogP contribution in [-0.4, -0.2) is 6.88 Å². The van der Waals surface area contributed by atoms with Crippen molar-refractivity contribution in [2.24, 2.45) is 0 Å². The van der Waals surface area contributed by atoms with Gasteiger partial charge in [-0.05, 0) is 0 Å². The molecule has 0 N–H and O–H groups in total. The second-order valence-electron chi connectivity index (χ2n) is 7.06. The molecule has 2 aromatic carbocycles. The molecule has 0 fully saturated rings. The van der Waals surface area contributed by atoms with Crippen LogP contribution in [0.5, 0.6) is 0 Å². The zero-order chi connectivity index (χ0) is 15.3. The second-order valence-corrected chi connectivity index (χ2v) is 28.0.